The third-order valence-corrected chi connectivity index (χ3v) is 2.93. The maximum Gasteiger partial charge on any atom is 0.226 e. The van der Waals surface area contributed by atoms with Gasteiger partial charge in [0.15, 0.2) is 11.5 Å². The van der Waals surface area contributed by atoms with Crippen LogP contribution in [-0.2, 0) is 0 Å². The molecule has 0 saturated carbocycles. The first-order valence-corrected chi connectivity index (χ1v) is 6.09. The molecule has 0 bridgehead atoms. The highest BCUT2D eigenvalue weighted by molar-refractivity contribution is 5.86. The Kier molecular flexibility index (Phi) is 2.94. The molecule has 0 spiro atoms. The van der Waals surface area contributed by atoms with Gasteiger partial charge in [-0.05, 0) is 30.7 Å². The van der Waals surface area contributed by atoms with E-state index < -0.39 is 0 Å². The predicted octanol–water partition coefficient (Wildman–Crippen LogP) is 2.59. The van der Waals surface area contributed by atoms with Crippen LogP contribution in [0.1, 0.15) is 5.56 Å². The number of benzene rings is 1. The second kappa shape index (κ2) is 4.76. The number of nitrogens with one attached hydrogen (secondary N) is 3. The molecule has 2 heterocycles. The number of rotatable bonds is 3. The van der Waals surface area contributed by atoms with E-state index in [0.717, 1.165) is 5.69 Å². The van der Waals surface area contributed by atoms with Gasteiger partial charge >= 0.3 is 0 Å². The zero-order valence-electron chi connectivity index (χ0n) is 11.0. The monoisotopic (exact) mass is 272 g/mol. The molecule has 0 aliphatic carbocycles. The number of halogens is 1. The molecular formula is C13H13FN6. The van der Waals surface area contributed by atoms with Crippen LogP contribution in [0.5, 0.6) is 0 Å². The smallest absolute Gasteiger partial charge is 0.226 e. The Bertz CT molecular complexity index is 767. The molecule has 7 heteroatoms. The summed E-state index contributed by atoms with van der Waals surface area (Å²) < 4.78 is 13.3. The number of imidazole rings is 1. The van der Waals surface area contributed by atoms with Crippen molar-refractivity contribution in [3.8, 4) is 0 Å². The topological polar surface area (TPSA) is 78.5 Å². The summed E-state index contributed by atoms with van der Waals surface area (Å²) in [6.45, 7) is 1.71. The molecule has 0 aliphatic rings. The van der Waals surface area contributed by atoms with E-state index in [0.29, 0.717) is 28.5 Å². The number of hydrogen-bond donors (Lipinski definition) is 3. The van der Waals surface area contributed by atoms with E-state index >= 15 is 0 Å². The number of aromatic amines is 1. The van der Waals surface area contributed by atoms with Crippen molar-refractivity contribution in [1.29, 1.82) is 0 Å². The minimum Gasteiger partial charge on any atom is -0.357 e. The third kappa shape index (κ3) is 2.13. The summed E-state index contributed by atoms with van der Waals surface area (Å²) >= 11 is 0. The molecule has 3 N–H and O–H groups in total. The Balaban J connectivity index is 2.04. The molecule has 20 heavy (non-hydrogen) atoms. The number of anilines is 3. The van der Waals surface area contributed by atoms with Gasteiger partial charge in [-0.15, -0.1) is 0 Å². The maximum atomic E-state index is 13.3. The van der Waals surface area contributed by atoms with Crippen LogP contribution < -0.4 is 10.6 Å². The summed E-state index contributed by atoms with van der Waals surface area (Å²) in [4.78, 5) is 15.7. The lowest BCUT2D eigenvalue weighted by atomic mass is 10.2. The van der Waals surface area contributed by atoms with Crippen molar-refractivity contribution >= 4 is 28.6 Å². The molecule has 3 rings (SSSR count). The average Bonchev–Trinajstić information content (AvgIpc) is 2.91. The van der Waals surface area contributed by atoms with E-state index in [-0.39, 0.29) is 5.82 Å². The first-order chi connectivity index (χ1) is 9.67. The highest BCUT2D eigenvalue weighted by atomic mass is 19.1. The molecule has 2 aromatic heterocycles. The van der Waals surface area contributed by atoms with Gasteiger partial charge in [0, 0.05) is 12.7 Å². The van der Waals surface area contributed by atoms with E-state index in [1.807, 2.05) is 0 Å². The molecule has 0 fully saturated rings. The van der Waals surface area contributed by atoms with Crippen LogP contribution in [0.3, 0.4) is 0 Å². The molecule has 6 nitrogen and oxygen atoms in total. The number of aryl methyl sites for hydroxylation is 1. The molecule has 0 amide bonds. The van der Waals surface area contributed by atoms with Gasteiger partial charge < -0.3 is 15.6 Å². The summed E-state index contributed by atoms with van der Waals surface area (Å²) in [5.74, 6) is 0.814. The second-order valence-electron chi connectivity index (χ2n) is 4.34. The molecule has 0 saturated heterocycles. The van der Waals surface area contributed by atoms with E-state index in [1.165, 1.54) is 6.07 Å². The Morgan fingerprint density at radius 2 is 2.10 bits per heavy atom. The van der Waals surface area contributed by atoms with Crippen molar-refractivity contribution in [2.45, 2.75) is 6.92 Å². The van der Waals surface area contributed by atoms with Crippen LogP contribution in [0.4, 0.5) is 21.8 Å². The first kappa shape index (κ1) is 12.3. The van der Waals surface area contributed by atoms with Gasteiger partial charge in [0.25, 0.3) is 0 Å². The van der Waals surface area contributed by atoms with Crippen molar-refractivity contribution in [3.63, 3.8) is 0 Å². The number of hydrogen-bond acceptors (Lipinski definition) is 5. The van der Waals surface area contributed by atoms with Crippen LogP contribution in [0, 0.1) is 12.7 Å². The summed E-state index contributed by atoms with van der Waals surface area (Å²) in [7, 11) is 1.74. The zero-order valence-corrected chi connectivity index (χ0v) is 11.0. The number of H-pyrrole nitrogens is 1. The van der Waals surface area contributed by atoms with Gasteiger partial charge in [0.2, 0.25) is 5.95 Å². The van der Waals surface area contributed by atoms with E-state index in [1.54, 1.807) is 32.4 Å². The highest BCUT2D eigenvalue weighted by Gasteiger charge is 2.10. The van der Waals surface area contributed by atoms with Crippen LogP contribution in [0.2, 0.25) is 0 Å². The van der Waals surface area contributed by atoms with Gasteiger partial charge in [-0.2, -0.15) is 9.97 Å². The molecule has 0 aliphatic heterocycles. The van der Waals surface area contributed by atoms with Crippen LogP contribution in [-0.4, -0.2) is 27.0 Å². The zero-order chi connectivity index (χ0) is 14.1. The van der Waals surface area contributed by atoms with Gasteiger partial charge in [-0.25, -0.2) is 9.37 Å². The SMILES string of the molecule is CNc1nc(Nc2ccc(F)c(C)c2)c2[nH]cnc2n1. The predicted molar refractivity (Wildman–Crippen MR) is 75.7 cm³/mol. The minimum absolute atomic E-state index is 0.235. The van der Waals surface area contributed by atoms with Gasteiger partial charge in [0.1, 0.15) is 11.3 Å². The Morgan fingerprint density at radius 1 is 1.25 bits per heavy atom. The van der Waals surface area contributed by atoms with Gasteiger partial charge in [-0.1, -0.05) is 0 Å². The number of fused-ring (bicyclic) bond motifs is 1. The fourth-order valence-electron chi connectivity index (χ4n) is 1.89. The standard InChI is InChI=1S/C13H13FN6/c1-7-5-8(3-4-9(7)14)18-12-10-11(17-6-16-10)19-13(15-2)20-12/h3-6H,1-2H3,(H3,15,16,17,18,19,20). The highest BCUT2D eigenvalue weighted by Crippen LogP contribution is 2.23. The molecular weight excluding hydrogens is 259 g/mol. The largest absolute Gasteiger partial charge is 0.357 e. The van der Waals surface area contributed by atoms with E-state index in [9.17, 15) is 4.39 Å². The lowest BCUT2D eigenvalue weighted by molar-refractivity contribution is 0.619. The van der Waals surface area contributed by atoms with Gasteiger partial charge in [0.05, 0.1) is 6.33 Å². The quantitative estimate of drug-likeness (QED) is 0.683. The van der Waals surface area contributed by atoms with Crippen LogP contribution >= 0.6 is 0 Å². The molecule has 102 valence electrons. The normalized spacial score (nSPS) is 10.8. The number of nitrogens with zero attached hydrogens (tertiary/aromatic N) is 3. The van der Waals surface area contributed by atoms with E-state index in [4.69, 9.17) is 0 Å². The van der Waals surface area contributed by atoms with Crippen LogP contribution in [0.25, 0.3) is 11.2 Å². The molecule has 0 radical (unpaired) electrons. The van der Waals surface area contributed by atoms with Crippen molar-refractivity contribution < 1.29 is 4.39 Å². The Labute approximate surface area is 114 Å². The Hall–Kier alpha value is -2.70. The fourth-order valence-corrected chi connectivity index (χ4v) is 1.89. The van der Waals surface area contributed by atoms with Crippen molar-refractivity contribution in [3.05, 3.63) is 35.9 Å². The molecule has 0 unspecified atom stereocenters. The summed E-state index contributed by atoms with van der Waals surface area (Å²) in [6, 6.07) is 4.80. The average molecular weight is 272 g/mol. The fraction of sp³-hybridized carbons (Fsp3) is 0.154. The third-order valence-electron chi connectivity index (χ3n) is 2.93. The molecule has 0 atom stereocenters. The lowest BCUT2D eigenvalue weighted by Crippen LogP contribution is -2.02. The van der Waals surface area contributed by atoms with Crippen LogP contribution in [0.15, 0.2) is 24.5 Å². The molecule has 3 aromatic rings. The van der Waals surface area contributed by atoms with Crippen molar-refractivity contribution in [2.24, 2.45) is 0 Å². The maximum absolute atomic E-state index is 13.3. The second-order valence-corrected chi connectivity index (χ2v) is 4.34. The van der Waals surface area contributed by atoms with Crippen molar-refractivity contribution in [1.82, 2.24) is 19.9 Å². The summed E-state index contributed by atoms with van der Waals surface area (Å²) in [6.07, 6.45) is 1.56. The van der Waals surface area contributed by atoms with E-state index in [2.05, 4.69) is 30.6 Å². The Morgan fingerprint density at radius 3 is 2.85 bits per heavy atom. The first-order valence-electron chi connectivity index (χ1n) is 6.09. The number of aromatic nitrogens is 4. The minimum atomic E-state index is -0.235. The summed E-state index contributed by atoms with van der Waals surface area (Å²) in [5.41, 5.74) is 2.58. The molecule has 1 aromatic carbocycles. The van der Waals surface area contributed by atoms with Crippen molar-refractivity contribution in [2.75, 3.05) is 17.7 Å². The lowest BCUT2D eigenvalue weighted by Gasteiger charge is -2.09. The summed E-state index contributed by atoms with van der Waals surface area (Å²) in [5, 5.41) is 6.03. The van der Waals surface area contributed by atoms with Gasteiger partial charge in [-0.3, -0.25) is 0 Å².